The fourth-order valence-electron chi connectivity index (χ4n) is 3.61. The van der Waals surface area contributed by atoms with Crippen molar-refractivity contribution in [2.75, 3.05) is 43.4 Å². The molecule has 0 saturated carbocycles. The number of nitrogens with zero attached hydrogens (tertiary/aromatic N) is 4. The number of thioether (sulfide) groups is 1. The lowest BCUT2D eigenvalue weighted by Crippen LogP contribution is -2.48. The van der Waals surface area contributed by atoms with Crippen LogP contribution in [0.15, 0.2) is 23.3 Å². The zero-order valence-corrected chi connectivity index (χ0v) is 17.1. The lowest BCUT2D eigenvalue weighted by atomic mass is 10.1. The van der Waals surface area contributed by atoms with Crippen molar-refractivity contribution in [3.05, 3.63) is 23.9 Å². The average Bonchev–Trinajstić information content (AvgIpc) is 2.72. The van der Waals surface area contributed by atoms with Gasteiger partial charge in [-0.25, -0.2) is 9.98 Å². The first-order valence-electron chi connectivity index (χ1n) is 10.1. The van der Waals surface area contributed by atoms with E-state index in [1.54, 1.807) is 0 Å². The number of aliphatic imine (C=N–C) groups is 1. The van der Waals surface area contributed by atoms with Crippen LogP contribution in [0.2, 0.25) is 0 Å². The van der Waals surface area contributed by atoms with E-state index in [1.807, 2.05) is 6.20 Å². The Morgan fingerprint density at radius 1 is 1.27 bits per heavy atom. The van der Waals surface area contributed by atoms with Crippen LogP contribution in [0.25, 0.3) is 0 Å². The van der Waals surface area contributed by atoms with E-state index in [9.17, 15) is 0 Å². The highest BCUT2D eigenvalue weighted by molar-refractivity contribution is 8.00. The normalized spacial score (nSPS) is 21.8. The van der Waals surface area contributed by atoms with Crippen molar-refractivity contribution in [3.63, 3.8) is 0 Å². The standard InChI is InChI=1S/C20H33N5S/c1-3-18-16-25(12-13-26-18)20(21-4-2)23-15-17-8-9-22-19(14-17)24-10-6-5-7-11-24/h8-9,14,18H,3-7,10-13,15-16H2,1-2H3,(H,21,23). The molecule has 5 nitrogen and oxygen atoms in total. The molecule has 1 atom stereocenters. The van der Waals surface area contributed by atoms with E-state index in [1.165, 1.54) is 37.0 Å². The maximum Gasteiger partial charge on any atom is 0.194 e. The van der Waals surface area contributed by atoms with Crippen molar-refractivity contribution in [2.45, 2.75) is 51.3 Å². The molecule has 0 aliphatic carbocycles. The second-order valence-electron chi connectivity index (χ2n) is 7.09. The SMILES string of the molecule is CCNC(=NCc1ccnc(N2CCCCC2)c1)N1CCSC(CC)C1. The third kappa shape index (κ3) is 5.29. The second kappa shape index (κ2) is 10.0. The molecule has 0 amide bonds. The number of pyridine rings is 1. The number of rotatable bonds is 5. The molecule has 26 heavy (non-hydrogen) atoms. The van der Waals surface area contributed by atoms with Crippen molar-refractivity contribution < 1.29 is 0 Å². The van der Waals surface area contributed by atoms with Gasteiger partial charge in [0.05, 0.1) is 6.54 Å². The van der Waals surface area contributed by atoms with Crippen molar-refractivity contribution in [2.24, 2.45) is 4.99 Å². The Balaban J connectivity index is 1.67. The Kier molecular flexibility index (Phi) is 7.47. The summed E-state index contributed by atoms with van der Waals surface area (Å²) < 4.78 is 0. The molecule has 0 aromatic carbocycles. The molecule has 2 saturated heterocycles. The number of aromatic nitrogens is 1. The monoisotopic (exact) mass is 375 g/mol. The Labute approximate surface area is 162 Å². The van der Waals surface area contributed by atoms with Crippen LogP contribution in [-0.4, -0.2) is 59.6 Å². The van der Waals surface area contributed by atoms with E-state index in [4.69, 9.17) is 4.99 Å². The fraction of sp³-hybridized carbons (Fsp3) is 0.700. The molecule has 1 aromatic rings. The summed E-state index contributed by atoms with van der Waals surface area (Å²) >= 11 is 2.10. The second-order valence-corrected chi connectivity index (χ2v) is 8.50. The first-order valence-corrected chi connectivity index (χ1v) is 11.2. The van der Waals surface area contributed by atoms with Crippen LogP contribution in [0.1, 0.15) is 45.1 Å². The van der Waals surface area contributed by atoms with Gasteiger partial charge in [-0.2, -0.15) is 11.8 Å². The highest BCUT2D eigenvalue weighted by Crippen LogP contribution is 2.22. The minimum Gasteiger partial charge on any atom is -0.357 e. The Morgan fingerprint density at radius 2 is 2.12 bits per heavy atom. The maximum absolute atomic E-state index is 4.94. The first-order chi connectivity index (χ1) is 12.8. The molecular formula is C20H33N5S. The quantitative estimate of drug-likeness (QED) is 0.631. The molecule has 0 radical (unpaired) electrons. The summed E-state index contributed by atoms with van der Waals surface area (Å²) in [5.41, 5.74) is 1.24. The molecule has 2 aliphatic rings. The lowest BCUT2D eigenvalue weighted by Gasteiger charge is -2.34. The number of nitrogens with one attached hydrogen (secondary N) is 1. The fourth-order valence-corrected chi connectivity index (χ4v) is 4.79. The minimum atomic E-state index is 0.714. The third-order valence-corrected chi connectivity index (χ3v) is 6.50. The van der Waals surface area contributed by atoms with Crippen LogP contribution in [0, 0.1) is 0 Å². The largest absolute Gasteiger partial charge is 0.357 e. The molecule has 0 spiro atoms. The van der Waals surface area contributed by atoms with Crippen LogP contribution in [0.3, 0.4) is 0 Å². The Hall–Kier alpha value is -1.43. The molecule has 3 heterocycles. The highest BCUT2D eigenvalue weighted by Gasteiger charge is 2.21. The Morgan fingerprint density at radius 3 is 2.88 bits per heavy atom. The van der Waals surface area contributed by atoms with E-state index in [-0.39, 0.29) is 0 Å². The molecule has 0 bridgehead atoms. The van der Waals surface area contributed by atoms with Crippen LogP contribution >= 0.6 is 11.8 Å². The van der Waals surface area contributed by atoms with Gasteiger partial charge in [-0.05, 0) is 50.3 Å². The topological polar surface area (TPSA) is 43.8 Å². The number of guanidine groups is 1. The van der Waals surface area contributed by atoms with Gasteiger partial charge in [-0.3, -0.25) is 0 Å². The Bertz CT molecular complexity index is 585. The molecule has 1 unspecified atom stereocenters. The molecule has 3 rings (SSSR count). The zero-order valence-electron chi connectivity index (χ0n) is 16.3. The van der Waals surface area contributed by atoms with Crippen molar-refractivity contribution in [1.82, 2.24) is 15.2 Å². The van der Waals surface area contributed by atoms with Gasteiger partial charge in [0, 0.05) is 49.9 Å². The highest BCUT2D eigenvalue weighted by atomic mass is 32.2. The molecule has 2 aliphatic heterocycles. The van der Waals surface area contributed by atoms with E-state index in [0.717, 1.165) is 49.8 Å². The molecule has 6 heteroatoms. The number of hydrogen-bond acceptors (Lipinski definition) is 4. The molecule has 1 N–H and O–H groups in total. The van der Waals surface area contributed by atoms with Gasteiger partial charge in [0.25, 0.3) is 0 Å². The third-order valence-electron chi connectivity index (χ3n) is 5.13. The first kappa shape index (κ1) is 19.3. The summed E-state index contributed by atoms with van der Waals surface area (Å²) in [6.07, 6.45) is 7.07. The summed E-state index contributed by atoms with van der Waals surface area (Å²) in [5, 5.41) is 4.21. The van der Waals surface area contributed by atoms with Gasteiger partial charge in [0.1, 0.15) is 5.82 Å². The average molecular weight is 376 g/mol. The number of anilines is 1. The molecular weight excluding hydrogens is 342 g/mol. The van der Waals surface area contributed by atoms with Gasteiger partial charge in [-0.1, -0.05) is 6.92 Å². The molecule has 144 valence electrons. The van der Waals surface area contributed by atoms with Gasteiger partial charge in [-0.15, -0.1) is 0 Å². The van der Waals surface area contributed by atoms with Crippen LogP contribution in [0.4, 0.5) is 5.82 Å². The predicted octanol–water partition coefficient (Wildman–Crippen LogP) is 3.36. The van der Waals surface area contributed by atoms with Crippen LogP contribution in [-0.2, 0) is 6.54 Å². The van der Waals surface area contributed by atoms with Gasteiger partial charge in [0.2, 0.25) is 0 Å². The molecule has 1 aromatic heterocycles. The van der Waals surface area contributed by atoms with Crippen molar-refractivity contribution in [1.29, 1.82) is 0 Å². The van der Waals surface area contributed by atoms with E-state index in [0.29, 0.717) is 6.54 Å². The van der Waals surface area contributed by atoms with E-state index < -0.39 is 0 Å². The zero-order chi connectivity index (χ0) is 18.2. The lowest BCUT2D eigenvalue weighted by molar-refractivity contribution is 0.408. The summed E-state index contributed by atoms with van der Waals surface area (Å²) in [7, 11) is 0. The molecule has 2 fully saturated rings. The van der Waals surface area contributed by atoms with Crippen molar-refractivity contribution >= 4 is 23.5 Å². The predicted molar refractivity (Wildman–Crippen MR) is 113 cm³/mol. The summed E-state index contributed by atoms with van der Waals surface area (Å²) in [4.78, 5) is 14.4. The van der Waals surface area contributed by atoms with Gasteiger partial charge >= 0.3 is 0 Å². The smallest absolute Gasteiger partial charge is 0.194 e. The minimum absolute atomic E-state index is 0.714. The summed E-state index contributed by atoms with van der Waals surface area (Å²) in [6, 6.07) is 4.32. The van der Waals surface area contributed by atoms with Gasteiger partial charge < -0.3 is 15.1 Å². The van der Waals surface area contributed by atoms with Crippen molar-refractivity contribution in [3.8, 4) is 0 Å². The van der Waals surface area contributed by atoms with E-state index in [2.05, 4.69) is 57.8 Å². The van der Waals surface area contributed by atoms with E-state index >= 15 is 0 Å². The number of piperidine rings is 1. The summed E-state index contributed by atoms with van der Waals surface area (Å²) in [6.45, 7) is 10.5. The summed E-state index contributed by atoms with van der Waals surface area (Å²) in [5.74, 6) is 3.36. The number of hydrogen-bond donors (Lipinski definition) is 1. The maximum atomic E-state index is 4.94. The van der Waals surface area contributed by atoms with Crippen LogP contribution in [0.5, 0.6) is 0 Å². The van der Waals surface area contributed by atoms with Crippen LogP contribution < -0.4 is 10.2 Å². The van der Waals surface area contributed by atoms with Gasteiger partial charge in [0.15, 0.2) is 5.96 Å².